The van der Waals surface area contributed by atoms with E-state index in [1.165, 1.54) is 5.56 Å². The van der Waals surface area contributed by atoms with Gasteiger partial charge in [-0.05, 0) is 36.5 Å². The van der Waals surface area contributed by atoms with Crippen molar-refractivity contribution in [2.75, 3.05) is 0 Å². The summed E-state index contributed by atoms with van der Waals surface area (Å²) in [5.74, 6) is 0. The number of aromatic nitrogens is 1. The summed E-state index contributed by atoms with van der Waals surface area (Å²) in [5, 5.41) is 10.6. The van der Waals surface area contributed by atoms with Gasteiger partial charge in [-0.1, -0.05) is 19.1 Å². The zero-order valence-electron chi connectivity index (χ0n) is 12.2. The van der Waals surface area contributed by atoms with Gasteiger partial charge in [0.2, 0.25) is 0 Å². The van der Waals surface area contributed by atoms with E-state index in [9.17, 15) is 10.1 Å². The number of non-ortho nitro benzene ring substituents is 1. The molecular formula is C16H21N3O2. The molecule has 0 aliphatic heterocycles. The third-order valence-electron chi connectivity index (χ3n) is 3.64. The number of nitrogens with zero attached hydrogens (tertiary/aromatic N) is 2. The van der Waals surface area contributed by atoms with Gasteiger partial charge in [0.15, 0.2) is 0 Å². The van der Waals surface area contributed by atoms with Crippen molar-refractivity contribution in [2.45, 2.75) is 38.8 Å². The van der Waals surface area contributed by atoms with Crippen LogP contribution in [0.4, 0.5) is 5.69 Å². The average molecular weight is 287 g/mol. The first-order chi connectivity index (χ1) is 10.1. The first-order valence-corrected chi connectivity index (χ1v) is 7.22. The summed E-state index contributed by atoms with van der Waals surface area (Å²) in [6, 6.07) is 9.06. The van der Waals surface area contributed by atoms with Crippen molar-refractivity contribution in [1.82, 2.24) is 4.57 Å². The van der Waals surface area contributed by atoms with Crippen LogP contribution in [0.1, 0.15) is 24.5 Å². The summed E-state index contributed by atoms with van der Waals surface area (Å²) in [5.41, 5.74) is 8.44. The summed E-state index contributed by atoms with van der Waals surface area (Å²) in [4.78, 5) is 10.2. The quantitative estimate of drug-likeness (QED) is 0.628. The molecule has 5 heteroatoms. The largest absolute Gasteiger partial charge is 0.354 e. The second-order valence-electron chi connectivity index (χ2n) is 5.30. The predicted molar refractivity (Wildman–Crippen MR) is 83.2 cm³/mol. The fourth-order valence-corrected chi connectivity index (χ4v) is 2.24. The number of hydrogen-bond acceptors (Lipinski definition) is 3. The Morgan fingerprint density at radius 2 is 1.95 bits per heavy atom. The molecule has 2 N–H and O–H groups in total. The molecule has 0 amide bonds. The van der Waals surface area contributed by atoms with Crippen LogP contribution in [0.5, 0.6) is 0 Å². The second-order valence-corrected chi connectivity index (χ2v) is 5.30. The zero-order valence-corrected chi connectivity index (χ0v) is 12.2. The minimum Gasteiger partial charge on any atom is -0.354 e. The predicted octanol–water partition coefficient (Wildman–Crippen LogP) is 2.92. The molecule has 21 heavy (non-hydrogen) atoms. The number of nitro groups is 1. The lowest BCUT2D eigenvalue weighted by Crippen LogP contribution is -2.21. The van der Waals surface area contributed by atoms with Gasteiger partial charge in [0, 0.05) is 37.1 Å². The van der Waals surface area contributed by atoms with E-state index < -0.39 is 0 Å². The maximum Gasteiger partial charge on any atom is 0.269 e. The van der Waals surface area contributed by atoms with Gasteiger partial charge in [-0.15, -0.1) is 0 Å². The molecule has 5 nitrogen and oxygen atoms in total. The minimum absolute atomic E-state index is 0.135. The number of nitrogens with two attached hydrogens (primary N) is 1. The number of rotatable bonds is 7. The van der Waals surface area contributed by atoms with E-state index in [2.05, 4.69) is 30.0 Å². The highest BCUT2D eigenvalue weighted by atomic mass is 16.6. The molecule has 1 heterocycles. The summed E-state index contributed by atoms with van der Waals surface area (Å²) in [7, 11) is 0. The SMILES string of the molecule is CCC(N)Cc1ccn(CCc2ccc([N+](=O)[O-])cc2)c1. The van der Waals surface area contributed by atoms with Crippen molar-refractivity contribution in [3.8, 4) is 0 Å². The number of benzene rings is 1. The van der Waals surface area contributed by atoms with Crippen molar-refractivity contribution in [3.05, 3.63) is 64.0 Å². The number of aryl methyl sites for hydroxylation is 2. The van der Waals surface area contributed by atoms with E-state index in [1.54, 1.807) is 12.1 Å². The molecule has 0 saturated carbocycles. The molecule has 1 aromatic heterocycles. The van der Waals surface area contributed by atoms with Crippen molar-refractivity contribution >= 4 is 5.69 Å². The van der Waals surface area contributed by atoms with E-state index in [0.29, 0.717) is 0 Å². The molecule has 0 saturated heterocycles. The molecule has 0 spiro atoms. The molecule has 1 aromatic carbocycles. The van der Waals surface area contributed by atoms with Gasteiger partial charge < -0.3 is 10.3 Å². The van der Waals surface area contributed by atoms with Crippen molar-refractivity contribution < 1.29 is 4.92 Å². The van der Waals surface area contributed by atoms with E-state index in [0.717, 1.165) is 31.4 Å². The Balaban J connectivity index is 1.89. The Bertz CT molecular complexity index is 590. The Kier molecular flexibility index (Phi) is 5.11. The van der Waals surface area contributed by atoms with Gasteiger partial charge in [-0.3, -0.25) is 10.1 Å². The van der Waals surface area contributed by atoms with Crippen molar-refractivity contribution in [1.29, 1.82) is 0 Å². The van der Waals surface area contributed by atoms with Crippen LogP contribution in [0.2, 0.25) is 0 Å². The molecular weight excluding hydrogens is 266 g/mol. The van der Waals surface area contributed by atoms with Gasteiger partial charge in [0.25, 0.3) is 5.69 Å². The van der Waals surface area contributed by atoms with Crippen molar-refractivity contribution in [3.63, 3.8) is 0 Å². The van der Waals surface area contributed by atoms with Crippen molar-refractivity contribution in [2.24, 2.45) is 5.73 Å². The molecule has 1 unspecified atom stereocenters. The summed E-state index contributed by atoms with van der Waals surface area (Å²) in [6.07, 6.45) is 6.92. The zero-order chi connectivity index (χ0) is 15.2. The third-order valence-corrected chi connectivity index (χ3v) is 3.64. The van der Waals surface area contributed by atoms with Crippen LogP contribution in [-0.2, 0) is 19.4 Å². The normalized spacial score (nSPS) is 12.3. The molecule has 112 valence electrons. The fraction of sp³-hybridized carbons (Fsp3) is 0.375. The number of hydrogen-bond donors (Lipinski definition) is 1. The van der Waals surface area contributed by atoms with E-state index in [-0.39, 0.29) is 16.7 Å². The first-order valence-electron chi connectivity index (χ1n) is 7.22. The van der Waals surface area contributed by atoms with Crippen LogP contribution < -0.4 is 5.73 Å². The highest BCUT2D eigenvalue weighted by Gasteiger charge is 2.05. The summed E-state index contributed by atoms with van der Waals surface area (Å²) < 4.78 is 2.14. The van der Waals surface area contributed by atoms with E-state index >= 15 is 0 Å². The molecule has 0 aliphatic rings. The van der Waals surface area contributed by atoms with Crippen LogP contribution in [-0.4, -0.2) is 15.5 Å². The second kappa shape index (κ2) is 7.04. The Morgan fingerprint density at radius 1 is 1.24 bits per heavy atom. The fourth-order valence-electron chi connectivity index (χ4n) is 2.24. The highest BCUT2D eigenvalue weighted by Crippen LogP contribution is 2.13. The molecule has 2 rings (SSSR count). The molecule has 0 fully saturated rings. The van der Waals surface area contributed by atoms with Crippen LogP contribution in [0.25, 0.3) is 0 Å². The first kappa shape index (κ1) is 15.3. The summed E-state index contributed by atoms with van der Waals surface area (Å²) >= 11 is 0. The Hall–Kier alpha value is -2.14. The lowest BCUT2D eigenvalue weighted by atomic mass is 10.1. The van der Waals surface area contributed by atoms with Crippen LogP contribution >= 0.6 is 0 Å². The van der Waals surface area contributed by atoms with Gasteiger partial charge in [0.05, 0.1) is 4.92 Å². The average Bonchev–Trinajstić information content (AvgIpc) is 2.93. The molecule has 0 radical (unpaired) electrons. The van der Waals surface area contributed by atoms with Gasteiger partial charge >= 0.3 is 0 Å². The monoisotopic (exact) mass is 287 g/mol. The molecule has 2 aromatic rings. The molecule has 0 bridgehead atoms. The maximum absolute atomic E-state index is 10.6. The minimum atomic E-state index is -0.376. The maximum atomic E-state index is 10.6. The summed E-state index contributed by atoms with van der Waals surface area (Å²) in [6.45, 7) is 2.95. The van der Waals surface area contributed by atoms with Crippen LogP contribution in [0.15, 0.2) is 42.7 Å². The third kappa shape index (κ3) is 4.43. The number of nitro benzene ring substituents is 1. The Morgan fingerprint density at radius 3 is 2.57 bits per heavy atom. The Labute approximate surface area is 124 Å². The topological polar surface area (TPSA) is 74.1 Å². The molecule has 1 atom stereocenters. The van der Waals surface area contributed by atoms with E-state index in [1.807, 2.05) is 12.1 Å². The van der Waals surface area contributed by atoms with Gasteiger partial charge in [0.1, 0.15) is 0 Å². The van der Waals surface area contributed by atoms with Crippen LogP contribution in [0.3, 0.4) is 0 Å². The highest BCUT2D eigenvalue weighted by molar-refractivity contribution is 5.32. The smallest absolute Gasteiger partial charge is 0.269 e. The van der Waals surface area contributed by atoms with Gasteiger partial charge in [-0.25, -0.2) is 0 Å². The van der Waals surface area contributed by atoms with Gasteiger partial charge in [-0.2, -0.15) is 0 Å². The standard InChI is InChI=1S/C16H21N3O2/c1-2-15(17)11-14-8-10-18(12-14)9-7-13-3-5-16(6-4-13)19(20)21/h3-6,8,10,12,15H,2,7,9,11,17H2,1H3. The molecule has 0 aliphatic carbocycles. The van der Waals surface area contributed by atoms with E-state index in [4.69, 9.17) is 5.73 Å². The lowest BCUT2D eigenvalue weighted by molar-refractivity contribution is -0.384. The lowest BCUT2D eigenvalue weighted by Gasteiger charge is -2.06. The van der Waals surface area contributed by atoms with Crippen LogP contribution in [0, 0.1) is 10.1 Å².